The van der Waals surface area contributed by atoms with Crippen molar-refractivity contribution in [1.82, 2.24) is 4.90 Å². The van der Waals surface area contributed by atoms with Crippen molar-refractivity contribution in [1.29, 1.82) is 0 Å². The Labute approximate surface area is 112 Å². The van der Waals surface area contributed by atoms with Crippen LogP contribution in [-0.2, 0) is 17.8 Å². The molecule has 1 aliphatic heterocycles. The number of rotatable bonds is 5. The molecule has 0 saturated carbocycles. The Morgan fingerprint density at radius 3 is 3.06 bits per heavy atom. The van der Waals surface area contributed by atoms with E-state index in [9.17, 15) is 4.79 Å². The monoisotopic (exact) mass is 267 g/mol. The van der Waals surface area contributed by atoms with Gasteiger partial charge in [-0.1, -0.05) is 0 Å². The van der Waals surface area contributed by atoms with Crippen LogP contribution in [0.25, 0.3) is 0 Å². The van der Waals surface area contributed by atoms with E-state index in [1.165, 1.54) is 10.4 Å². The molecule has 0 aliphatic carbocycles. The summed E-state index contributed by atoms with van der Waals surface area (Å²) in [6.07, 6.45) is 2.85. The van der Waals surface area contributed by atoms with E-state index in [2.05, 4.69) is 16.3 Å². The summed E-state index contributed by atoms with van der Waals surface area (Å²) in [5.41, 5.74) is 0.868. The highest BCUT2D eigenvalue weighted by molar-refractivity contribution is 7.10. The number of fused-ring (bicyclic) bond motifs is 1. The largest absolute Gasteiger partial charge is 0.481 e. The molecule has 1 N–H and O–H groups in total. The van der Waals surface area contributed by atoms with E-state index >= 15 is 0 Å². The normalized spacial score (nSPS) is 16.6. The number of carboxylic acid groups (broad SMARTS) is 1. The van der Waals surface area contributed by atoms with Crippen LogP contribution in [0.5, 0.6) is 0 Å². The third-order valence-electron chi connectivity index (χ3n) is 3.74. The van der Waals surface area contributed by atoms with Gasteiger partial charge in [-0.2, -0.15) is 0 Å². The summed E-state index contributed by atoms with van der Waals surface area (Å²) >= 11 is 1.86. The average Bonchev–Trinajstić information content (AvgIpc) is 2.75. The van der Waals surface area contributed by atoms with E-state index in [0.717, 1.165) is 38.9 Å². The third kappa shape index (κ3) is 3.12. The van der Waals surface area contributed by atoms with Crippen molar-refractivity contribution in [3.63, 3.8) is 0 Å². The first-order valence-electron chi connectivity index (χ1n) is 6.50. The fourth-order valence-electron chi connectivity index (χ4n) is 2.35. The summed E-state index contributed by atoms with van der Waals surface area (Å²) in [4.78, 5) is 15.0. The fraction of sp³-hybridized carbons (Fsp3) is 0.643. The van der Waals surface area contributed by atoms with E-state index in [1.807, 2.05) is 25.2 Å². The molecule has 100 valence electrons. The lowest BCUT2D eigenvalue weighted by Crippen LogP contribution is -2.32. The molecule has 1 aliphatic rings. The van der Waals surface area contributed by atoms with Crippen LogP contribution in [0.15, 0.2) is 11.4 Å². The zero-order chi connectivity index (χ0) is 13.2. The summed E-state index contributed by atoms with van der Waals surface area (Å²) < 4.78 is 0. The minimum atomic E-state index is -0.693. The summed E-state index contributed by atoms with van der Waals surface area (Å²) in [6.45, 7) is 6.77. The minimum absolute atomic E-state index is 0.594. The van der Waals surface area contributed by atoms with Gasteiger partial charge in [-0.15, -0.1) is 11.3 Å². The van der Waals surface area contributed by atoms with Crippen molar-refractivity contribution >= 4 is 17.3 Å². The van der Waals surface area contributed by atoms with Crippen LogP contribution in [0.2, 0.25) is 0 Å². The molecule has 3 nitrogen and oxygen atoms in total. The first-order valence-corrected chi connectivity index (χ1v) is 7.38. The molecule has 0 amide bonds. The predicted octanol–water partition coefficient (Wildman–Crippen LogP) is 3.00. The van der Waals surface area contributed by atoms with E-state index in [-0.39, 0.29) is 0 Å². The number of carbonyl (C=O) groups is 1. The van der Waals surface area contributed by atoms with Crippen molar-refractivity contribution in [2.75, 3.05) is 13.1 Å². The average molecular weight is 267 g/mol. The lowest BCUT2D eigenvalue weighted by atomic mass is 9.88. The molecule has 0 aromatic carbocycles. The number of carboxylic acids is 1. The molecule has 2 rings (SSSR count). The lowest BCUT2D eigenvalue weighted by molar-refractivity contribution is -0.147. The van der Waals surface area contributed by atoms with Crippen molar-refractivity contribution in [3.8, 4) is 0 Å². The summed E-state index contributed by atoms with van der Waals surface area (Å²) in [7, 11) is 0. The molecule has 0 atom stereocenters. The molecule has 0 radical (unpaired) electrons. The van der Waals surface area contributed by atoms with Gasteiger partial charge in [0, 0.05) is 18.0 Å². The highest BCUT2D eigenvalue weighted by atomic mass is 32.1. The van der Waals surface area contributed by atoms with E-state index < -0.39 is 11.4 Å². The SMILES string of the molecule is CC(C)(CCCN1CCc2sccc2C1)C(=O)O. The molecule has 0 fully saturated rings. The number of thiophene rings is 1. The topological polar surface area (TPSA) is 40.5 Å². The van der Waals surface area contributed by atoms with Crippen LogP contribution >= 0.6 is 11.3 Å². The maximum Gasteiger partial charge on any atom is 0.309 e. The Balaban J connectivity index is 1.78. The quantitative estimate of drug-likeness (QED) is 0.891. The number of nitrogens with zero attached hydrogens (tertiary/aromatic N) is 1. The van der Waals surface area contributed by atoms with Crippen molar-refractivity contribution in [2.24, 2.45) is 5.41 Å². The van der Waals surface area contributed by atoms with Gasteiger partial charge in [-0.25, -0.2) is 0 Å². The summed E-state index contributed by atoms with van der Waals surface area (Å²) in [5.74, 6) is -0.693. The van der Waals surface area contributed by atoms with Gasteiger partial charge in [0.25, 0.3) is 0 Å². The van der Waals surface area contributed by atoms with Gasteiger partial charge in [0.2, 0.25) is 0 Å². The molecule has 2 heterocycles. The van der Waals surface area contributed by atoms with E-state index in [4.69, 9.17) is 5.11 Å². The Morgan fingerprint density at radius 1 is 1.56 bits per heavy atom. The van der Waals surface area contributed by atoms with Crippen LogP contribution in [0.3, 0.4) is 0 Å². The minimum Gasteiger partial charge on any atom is -0.481 e. The van der Waals surface area contributed by atoms with Gasteiger partial charge >= 0.3 is 5.97 Å². The molecule has 0 spiro atoms. The molecular formula is C14H21NO2S. The highest BCUT2D eigenvalue weighted by Gasteiger charge is 2.26. The Hall–Kier alpha value is -0.870. The number of hydrogen-bond acceptors (Lipinski definition) is 3. The standard InChI is InChI=1S/C14H21NO2S/c1-14(2,13(16)17)6-3-7-15-8-4-12-11(10-15)5-9-18-12/h5,9H,3-4,6-8,10H2,1-2H3,(H,16,17). The predicted molar refractivity (Wildman–Crippen MR) is 74.0 cm³/mol. The fourth-order valence-corrected chi connectivity index (χ4v) is 3.24. The van der Waals surface area contributed by atoms with E-state index in [0.29, 0.717) is 0 Å². The second-order valence-electron chi connectivity index (χ2n) is 5.69. The first-order chi connectivity index (χ1) is 8.49. The van der Waals surface area contributed by atoms with Crippen molar-refractivity contribution < 1.29 is 9.90 Å². The maximum atomic E-state index is 11.0. The van der Waals surface area contributed by atoms with Gasteiger partial charge < -0.3 is 5.11 Å². The molecule has 4 heteroatoms. The number of hydrogen-bond donors (Lipinski definition) is 1. The van der Waals surface area contributed by atoms with E-state index in [1.54, 1.807) is 0 Å². The van der Waals surface area contributed by atoms with Crippen LogP contribution in [0, 0.1) is 5.41 Å². The summed E-state index contributed by atoms with van der Waals surface area (Å²) in [6, 6.07) is 2.22. The first kappa shape index (κ1) is 13.6. The van der Waals surface area contributed by atoms with Gasteiger partial charge in [0.15, 0.2) is 0 Å². The molecular weight excluding hydrogens is 246 g/mol. The summed E-state index contributed by atoms with van der Waals surface area (Å²) in [5, 5.41) is 11.2. The van der Waals surface area contributed by atoms with Gasteiger partial charge in [0.1, 0.15) is 0 Å². The van der Waals surface area contributed by atoms with Crippen molar-refractivity contribution in [2.45, 2.75) is 39.7 Å². The second kappa shape index (κ2) is 5.41. The Bertz CT molecular complexity index is 425. The highest BCUT2D eigenvalue weighted by Crippen LogP contribution is 2.26. The lowest BCUT2D eigenvalue weighted by Gasteiger charge is -2.28. The molecule has 0 bridgehead atoms. The zero-order valence-corrected chi connectivity index (χ0v) is 11.9. The van der Waals surface area contributed by atoms with Crippen LogP contribution < -0.4 is 0 Å². The van der Waals surface area contributed by atoms with Gasteiger partial charge in [0.05, 0.1) is 5.41 Å². The van der Waals surface area contributed by atoms with Gasteiger partial charge in [-0.3, -0.25) is 9.69 Å². The smallest absolute Gasteiger partial charge is 0.309 e. The molecule has 0 saturated heterocycles. The Kier molecular flexibility index (Phi) is 4.07. The maximum absolute atomic E-state index is 11.0. The zero-order valence-electron chi connectivity index (χ0n) is 11.1. The second-order valence-corrected chi connectivity index (χ2v) is 6.69. The molecule has 18 heavy (non-hydrogen) atoms. The van der Waals surface area contributed by atoms with Crippen LogP contribution in [0.1, 0.15) is 37.1 Å². The van der Waals surface area contributed by atoms with Crippen LogP contribution in [-0.4, -0.2) is 29.1 Å². The van der Waals surface area contributed by atoms with Crippen LogP contribution in [0.4, 0.5) is 0 Å². The van der Waals surface area contributed by atoms with Gasteiger partial charge in [-0.05, 0) is 56.7 Å². The Morgan fingerprint density at radius 2 is 2.33 bits per heavy atom. The third-order valence-corrected chi connectivity index (χ3v) is 4.76. The van der Waals surface area contributed by atoms with Crippen molar-refractivity contribution in [3.05, 3.63) is 21.9 Å². The number of aliphatic carboxylic acids is 1. The molecule has 1 aromatic rings. The molecule has 1 aromatic heterocycles. The molecule has 0 unspecified atom stereocenters.